The van der Waals surface area contributed by atoms with Crippen LogP contribution >= 0.6 is 11.6 Å². The standard InChI is InChI=1S/C17H17ClN6O3/c1-17(2,23-10-13(8-19-23)24(26)27)16(25)20-15-14(18)11-22(21-15)9-12-6-4-3-5-7-12/h3-8,10-11H,9H2,1-2H3,(H,20,21,25). The van der Waals surface area contributed by atoms with Gasteiger partial charge in [-0.25, -0.2) is 0 Å². The van der Waals surface area contributed by atoms with Gasteiger partial charge in [0.25, 0.3) is 5.91 Å². The van der Waals surface area contributed by atoms with Gasteiger partial charge in [-0.1, -0.05) is 41.9 Å². The maximum atomic E-state index is 12.7. The summed E-state index contributed by atoms with van der Waals surface area (Å²) >= 11 is 6.19. The maximum Gasteiger partial charge on any atom is 0.307 e. The molecule has 0 spiro atoms. The van der Waals surface area contributed by atoms with Gasteiger partial charge in [0.15, 0.2) is 5.82 Å². The normalized spacial score (nSPS) is 11.4. The molecule has 3 rings (SSSR count). The lowest BCUT2D eigenvalue weighted by Crippen LogP contribution is -2.40. The second kappa shape index (κ2) is 7.20. The van der Waals surface area contributed by atoms with E-state index in [1.807, 2.05) is 30.3 Å². The topological polar surface area (TPSA) is 108 Å². The molecule has 0 radical (unpaired) electrons. The Balaban J connectivity index is 1.75. The largest absolute Gasteiger partial charge is 0.307 e. The fraction of sp³-hybridized carbons (Fsp3) is 0.235. The fourth-order valence-corrected chi connectivity index (χ4v) is 2.61. The Kier molecular flexibility index (Phi) is 4.95. The number of halogens is 1. The summed E-state index contributed by atoms with van der Waals surface area (Å²) in [7, 11) is 0. The lowest BCUT2D eigenvalue weighted by atomic mass is 10.1. The summed E-state index contributed by atoms with van der Waals surface area (Å²) in [5, 5.41) is 22.0. The molecule has 0 aliphatic carbocycles. The molecule has 1 amide bonds. The minimum absolute atomic E-state index is 0.193. The molecule has 0 unspecified atom stereocenters. The average Bonchev–Trinajstić information content (AvgIpc) is 3.24. The van der Waals surface area contributed by atoms with Crippen LogP contribution in [0.3, 0.4) is 0 Å². The highest BCUT2D eigenvalue weighted by molar-refractivity contribution is 6.33. The van der Waals surface area contributed by atoms with Gasteiger partial charge in [-0.05, 0) is 19.4 Å². The SMILES string of the molecule is CC(C)(C(=O)Nc1nn(Cc2ccccc2)cc1Cl)n1cc([N+](=O)[O-])cn1. The minimum atomic E-state index is -1.18. The number of benzene rings is 1. The van der Waals surface area contributed by atoms with Crippen LogP contribution in [0.4, 0.5) is 11.5 Å². The van der Waals surface area contributed by atoms with Crippen LogP contribution in [-0.4, -0.2) is 30.4 Å². The van der Waals surface area contributed by atoms with Crippen LogP contribution in [0.15, 0.2) is 48.9 Å². The van der Waals surface area contributed by atoms with Crippen molar-refractivity contribution in [2.75, 3.05) is 5.32 Å². The third-order valence-electron chi connectivity index (χ3n) is 4.04. The van der Waals surface area contributed by atoms with Gasteiger partial charge in [-0.15, -0.1) is 0 Å². The molecule has 1 aromatic carbocycles. The fourth-order valence-electron chi connectivity index (χ4n) is 2.41. The zero-order valence-corrected chi connectivity index (χ0v) is 15.4. The molecule has 1 N–H and O–H groups in total. The van der Waals surface area contributed by atoms with Crippen molar-refractivity contribution in [1.82, 2.24) is 19.6 Å². The van der Waals surface area contributed by atoms with E-state index in [-0.39, 0.29) is 11.5 Å². The molecule has 0 aliphatic heterocycles. The monoisotopic (exact) mass is 388 g/mol. The minimum Gasteiger partial charge on any atom is -0.306 e. The lowest BCUT2D eigenvalue weighted by Gasteiger charge is -2.23. The molecule has 0 aliphatic rings. The lowest BCUT2D eigenvalue weighted by molar-refractivity contribution is -0.385. The molecular weight excluding hydrogens is 372 g/mol. The number of nitrogens with zero attached hydrogens (tertiary/aromatic N) is 5. The van der Waals surface area contributed by atoms with Crippen molar-refractivity contribution < 1.29 is 9.72 Å². The number of rotatable bonds is 6. The van der Waals surface area contributed by atoms with Crippen molar-refractivity contribution in [3.05, 3.63) is 69.6 Å². The zero-order chi connectivity index (χ0) is 19.6. The van der Waals surface area contributed by atoms with Gasteiger partial charge in [0.1, 0.15) is 23.0 Å². The smallest absolute Gasteiger partial charge is 0.306 e. The number of anilines is 1. The van der Waals surface area contributed by atoms with Gasteiger partial charge >= 0.3 is 5.69 Å². The number of carbonyl (C=O) groups excluding carboxylic acids is 1. The van der Waals surface area contributed by atoms with Gasteiger partial charge in [0, 0.05) is 6.20 Å². The number of carbonyl (C=O) groups is 1. The van der Waals surface area contributed by atoms with E-state index in [9.17, 15) is 14.9 Å². The van der Waals surface area contributed by atoms with Crippen LogP contribution in [0.1, 0.15) is 19.4 Å². The molecule has 2 aromatic heterocycles. The van der Waals surface area contributed by atoms with Gasteiger partial charge in [0.2, 0.25) is 0 Å². The molecule has 0 fully saturated rings. The number of aromatic nitrogens is 4. The second-order valence-corrected chi connectivity index (χ2v) is 6.83. The van der Waals surface area contributed by atoms with Gasteiger partial charge in [0.05, 0.1) is 11.5 Å². The summed E-state index contributed by atoms with van der Waals surface area (Å²) in [5.74, 6) is -0.236. The molecule has 10 heteroatoms. The highest BCUT2D eigenvalue weighted by Gasteiger charge is 2.33. The Morgan fingerprint density at radius 3 is 2.63 bits per heavy atom. The highest BCUT2D eigenvalue weighted by atomic mass is 35.5. The first-order chi connectivity index (χ1) is 12.8. The first-order valence-corrected chi connectivity index (χ1v) is 8.43. The van der Waals surface area contributed by atoms with Crippen molar-refractivity contribution in [1.29, 1.82) is 0 Å². The highest BCUT2D eigenvalue weighted by Crippen LogP contribution is 2.24. The van der Waals surface area contributed by atoms with Gasteiger partial charge < -0.3 is 5.32 Å². The Morgan fingerprint density at radius 2 is 2.00 bits per heavy atom. The predicted octanol–water partition coefficient (Wildman–Crippen LogP) is 3.06. The molecule has 9 nitrogen and oxygen atoms in total. The third kappa shape index (κ3) is 3.98. The van der Waals surface area contributed by atoms with Crippen LogP contribution in [0.25, 0.3) is 0 Å². The molecule has 0 saturated heterocycles. The number of nitrogens with one attached hydrogen (secondary N) is 1. The number of hydrogen-bond acceptors (Lipinski definition) is 5. The Hall–Kier alpha value is -3.20. The molecule has 140 valence electrons. The van der Waals surface area contributed by atoms with E-state index in [0.717, 1.165) is 11.8 Å². The van der Waals surface area contributed by atoms with E-state index in [4.69, 9.17) is 11.6 Å². The average molecular weight is 389 g/mol. The van der Waals surface area contributed by atoms with Crippen molar-refractivity contribution in [2.45, 2.75) is 25.9 Å². The Labute approximate surface area is 159 Å². The quantitative estimate of drug-likeness (QED) is 0.515. The number of nitro groups is 1. The molecule has 27 heavy (non-hydrogen) atoms. The maximum absolute atomic E-state index is 12.7. The summed E-state index contributed by atoms with van der Waals surface area (Å²) in [6.07, 6.45) is 3.92. The van der Waals surface area contributed by atoms with E-state index in [1.54, 1.807) is 24.7 Å². The molecule has 3 aromatic rings. The molecule has 0 bridgehead atoms. The second-order valence-electron chi connectivity index (χ2n) is 6.42. The van der Waals surface area contributed by atoms with E-state index < -0.39 is 16.4 Å². The van der Waals surface area contributed by atoms with Crippen molar-refractivity contribution in [3.8, 4) is 0 Å². The zero-order valence-electron chi connectivity index (χ0n) is 14.7. The van der Waals surface area contributed by atoms with Crippen LogP contribution < -0.4 is 5.32 Å². The van der Waals surface area contributed by atoms with Crippen molar-refractivity contribution in [3.63, 3.8) is 0 Å². The van der Waals surface area contributed by atoms with E-state index in [2.05, 4.69) is 15.5 Å². The molecule has 0 atom stereocenters. The third-order valence-corrected chi connectivity index (χ3v) is 4.32. The van der Waals surface area contributed by atoms with E-state index in [1.165, 1.54) is 10.9 Å². The van der Waals surface area contributed by atoms with Crippen LogP contribution in [0, 0.1) is 10.1 Å². The molecule has 0 saturated carbocycles. The Morgan fingerprint density at radius 1 is 1.30 bits per heavy atom. The first kappa shape index (κ1) is 18.6. The number of hydrogen-bond donors (Lipinski definition) is 1. The van der Waals surface area contributed by atoms with E-state index >= 15 is 0 Å². The summed E-state index contributed by atoms with van der Waals surface area (Å²) in [6, 6.07) is 9.69. The summed E-state index contributed by atoms with van der Waals surface area (Å²) < 4.78 is 2.86. The molecule has 2 heterocycles. The van der Waals surface area contributed by atoms with Gasteiger partial charge in [-0.3, -0.25) is 24.3 Å². The van der Waals surface area contributed by atoms with Crippen LogP contribution in [0.5, 0.6) is 0 Å². The van der Waals surface area contributed by atoms with Crippen LogP contribution in [0.2, 0.25) is 5.02 Å². The Bertz CT molecular complexity index is 980. The summed E-state index contributed by atoms with van der Waals surface area (Å²) in [4.78, 5) is 22.9. The summed E-state index contributed by atoms with van der Waals surface area (Å²) in [6.45, 7) is 3.69. The summed E-state index contributed by atoms with van der Waals surface area (Å²) in [5.41, 5.74) is -0.333. The molecular formula is C17H17ClN6O3. The predicted molar refractivity (Wildman–Crippen MR) is 99.6 cm³/mol. The van der Waals surface area contributed by atoms with Crippen molar-refractivity contribution >= 4 is 29.0 Å². The first-order valence-electron chi connectivity index (χ1n) is 8.05. The van der Waals surface area contributed by atoms with E-state index in [0.29, 0.717) is 11.6 Å². The van der Waals surface area contributed by atoms with Crippen molar-refractivity contribution in [2.24, 2.45) is 0 Å². The van der Waals surface area contributed by atoms with Crippen LogP contribution in [-0.2, 0) is 16.9 Å². The number of amides is 1. The van der Waals surface area contributed by atoms with Gasteiger partial charge in [-0.2, -0.15) is 10.2 Å².